The second-order valence-electron chi connectivity index (χ2n) is 7.68. The summed E-state index contributed by atoms with van der Waals surface area (Å²) in [4.78, 5) is -1.73. The van der Waals surface area contributed by atoms with Gasteiger partial charge in [0.15, 0.2) is 11.6 Å². The molecule has 8 N–H and O–H groups in total. The third kappa shape index (κ3) is 9.79. The molecule has 12 nitrogen and oxygen atoms in total. The van der Waals surface area contributed by atoms with Crippen LogP contribution in [0.1, 0.15) is 23.6 Å². The zero-order valence-corrected chi connectivity index (χ0v) is 22.4. The smallest absolute Gasteiger partial charge is 0.296 e. The minimum Gasteiger partial charge on any atom is -0.393 e. The maximum atomic E-state index is 11.5. The molecular formula is C25H28N6O6S2. The summed E-state index contributed by atoms with van der Waals surface area (Å²) < 4.78 is 63.9. The highest BCUT2D eigenvalue weighted by Gasteiger charge is 2.26. The van der Waals surface area contributed by atoms with Crippen LogP contribution in [0.3, 0.4) is 0 Å². The highest BCUT2D eigenvalue weighted by atomic mass is 32.2. The summed E-state index contributed by atoms with van der Waals surface area (Å²) in [5.74, 6) is 0.227. The lowest BCUT2D eigenvalue weighted by Crippen LogP contribution is -2.10. The van der Waals surface area contributed by atoms with Gasteiger partial charge in [0.25, 0.3) is 20.2 Å². The third-order valence-corrected chi connectivity index (χ3v) is 6.90. The van der Waals surface area contributed by atoms with Gasteiger partial charge in [-0.3, -0.25) is 9.11 Å². The minimum absolute atomic E-state index is 0.0542. The maximum Gasteiger partial charge on any atom is 0.296 e. The molecule has 0 atom stereocenters. The van der Waals surface area contributed by atoms with E-state index in [0.717, 1.165) is 18.1 Å². The molecule has 206 valence electrons. The molecule has 0 fully saturated rings. The Morgan fingerprint density at radius 1 is 0.718 bits per heavy atom. The molecule has 0 bridgehead atoms. The van der Waals surface area contributed by atoms with Gasteiger partial charge in [0.2, 0.25) is 0 Å². The lowest BCUT2D eigenvalue weighted by molar-refractivity contribution is 0.466. The average molecular weight is 573 g/mol. The van der Waals surface area contributed by atoms with Gasteiger partial charge >= 0.3 is 0 Å². The minimum atomic E-state index is -4.84. The van der Waals surface area contributed by atoms with Crippen LogP contribution in [0, 0.1) is 0 Å². The van der Waals surface area contributed by atoms with Crippen LogP contribution in [0.25, 0.3) is 12.2 Å². The normalized spacial score (nSPS) is 11.2. The van der Waals surface area contributed by atoms with Crippen molar-refractivity contribution in [2.24, 2.45) is 0 Å². The van der Waals surface area contributed by atoms with Crippen LogP contribution in [0.15, 0.2) is 88.7 Å². The van der Waals surface area contributed by atoms with Crippen LogP contribution in [0.2, 0.25) is 0 Å². The van der Waals surface area contributed by atoms with Gasteiger partial charge in [0.05, 0.1) is 0 Å². The zero-order valence-electron chi connectivity index (χ0n) is 20.8. The van der Waals surface area contributed by atoms with E-state index in [1.807, 2.05) is 6.07 Å². The quantitative estimate of drug-likeness (QED) is 0.172. The fourth-order valence-corrected chi connectivity index (χ4v) is 4.96. The summed E-state index contributed by atoms with van der Waals surface area (Å²) >= 11 is 0. The van der Waals surface area contributed by atoms with Crippen LogP contribution >= 0.6 is 0 Å². The first-order valence-corrected chi connectivity index (χ1v) is 14.1. The number of aromatic nitrogens is 3. The van der Waals surface area contributed by atoms with Crippen molar-refractivity contribution in [3.63, 3.8) is 0 Å². The molecule has 4 rings (SSSR count). The average Bonchev–Trinajstić information content (AvgIpc) is 2.91. The third-order valence-electron chi connectivity index (χ3n) is 4.91. The molecule has 3 aromatic carbocycles. The van der Waals surface area contributed by atoms with Crippen molar-refractivity contribution in [2.45, 2.75) is 23.1 Å². The molecule has 0 radical (unpaired) electrons. The molecule has 0 spiro atoms. The zero-order chi connectivity index (χ0) is 29.1. The van der Waals surface area contributed by atoms with E-state index in [4.69, 9.17) is 21.8 Å². The van der Waals surface area contributed by atoms with Gasteiger partial charge in [-0.2, -0.15) is 16.8 Å². The molecular weight excluding hydrogens is 544 g/mol. The van der Waals surface area contributed by atoms with E-state index in [1.54, 1.807) is 36.4 Å². The van der Waals surface area contributed by atoms with Crippen LogP contribution < -0.4 is 17.2 Å². The van der Waals surface area contributed by atoms with Gasteiger partial charge in [-0.05, 0) is 34.4 Å². The number of nitrogen functional groups attached to an aromatic ring is 3. The van der Waals surface area contributed by atoms with Gasteiger partial charge in [-0.1, -0.05) is 91.9 Å². The van der Waals surface area contributed by atoms with Crippen molar-refractivity contribution in [1.82, 2.24) is 15.4 Å². The highest BCUT2D eigenvalue weighted by Crippen LogP contribution is 2.26. The van der Waals surface area contributed by atoms with Crippen molar-refractivity contribution in [3.8, 4) is 0 Å². The summed E-state index contributed by atoms with van der Waals surface area (Å²) in [5.41, 5.74) is 18.0. The molecule has 1 aromatic heterocycles. The summed E-state index contributed by atoms with van der Waals surface area (Å²) in [6, 6.07) is 22.8. The van der Waals surface area contributed by atoms with E-state index >= 15 is 0 Å². The van der Waals surface area contributed by atoms with Crippen molar-refractivity contribution in [3.05, 3.63) is 95.6 Å². The Kier molecular flexibility index (Phi) is 11.0. The molecule has 0 unspecified atom stereocenters. The number of benzene rings is 3. The number of nitrogens with two attached hydrogens (primary N) is 3. The Morgan fingerprint density at radius 3 is 1.69 bits per heavy atom. The fourth-order valence-electron chi connectivity index (χ4n) is 2.96. The van der Waals surface area contributed by atoms with E-state index in [2.05, 4.69) is 46.6 Å². The number of nitrogens with zero attached hydrogens (tertiary/aromatic N) is 3. The van der Waals surface area contributed by atoms with E-state index in [9.17, 15) is 21.4 Å². The summed E-state index contributed by atoms with van der Waals surface area (Å²) in [7, 11) is -9.64. The number of anilines is 3. The number of hydrogen-bond donors (Lipinski definition) is 5. The molecule has 39 heavy (non-hydrogen) atoms. The predicted molar refractivity (Wildman–Crippen MR) is 150 cm³/mol. The Hall–Kier alpha value is -4.37. The second kappa shape index (κ2) is 14.0. The lowest BCUT2D eigenvalue weighted by atomic mass is 10.1. The lowest BCUT2D eigenvalue weighted by Gasteiger charge is -2.07. The molecule has 1 heterocycles. The highest BCUT2D eigenvalue weighted by molar-refractivity contribution is 7.89. The number of rotatable bonds is 5. The monoisotopic (exact) mass is 572 g/mol. The van der Waals surface area contributed by atoms with Crippen molar-refractivity contribution in [1.29, 1.82) is 0 Å². The van der Waals surface area contributed by atoms with Gasteiger partial charge in [0.1, 0.15) is 15.5 Å². The van der Waals surface area contributed by atoms with Crippen LogP contribution in [0.4, 0.5) is 17.3 Å². The van der Waals surface area contributed by atoms with Gasteiger partial charge in [0, 0.05) is 0 Å². The molecule has 0 aliphatic rings. The molecule has 4 aromatic rings. The van der Waals surface area contributed by atoms with E-state index in [-0.39, 0.29) is 22.9 Å². The van der Waals surface area contributed by atoms with Crippen molar-refractivity contribution in [2.75, 3.05) is 17.2 Å². The standard InChI is InChI=1S/C14H12O6S2.C8H10.C3H6N6/c15-21(16,17)13-8-4-7-12(14(13)22(18,19)20)10-9-11-5-2-1-3-6-11;1-2-8-6-4-3-5-7-8;4-1-2(5)7-9-8-3(1)6/h1-10H,(H,15,16,17)(H,18,19,20);3-7H,2H2,1H3;(H2,4,9)(H4,5,6,7,8). The van der Waals surface area contributed by atoms with Crippen LogP contribution in [-0.2, 0) is 26.7 Å². The topological polar surface area (TPSA) is 225 Å². The first kappa shape index (κ1) is 30.9. The van der Waals surface area contributed by atoms with Gasteiger partial charge in [-0.25, -0.2) is 0 Å². The summed E-state index contributed by atoms with van der Waals surface area (Å²) in [5, 5.41) is 9.92. The first-order chi connectivity index (χ1) is 18.3. The van der Waals surface area contributed by atoms with Crippen molar-refractivity contribution >= 4 is 49.7 Å². The molecule has 0 aliphatic heterocycles. The Morgan fingerprint density at radius 2 is 1.26 bits per heavy atom. The van der Waals surface area contributed by atoms with E-state index < -0.39 is 30.0 Å². The molecule has 0 amide bonds. The Bertz CT molecular complexity index is 1600. The molecule has 0 saturated heterocycles. The van der Waals surface area contributed by atoms with Crippen LogP contribution in [0.5, 0.6) is 0 Å². The SMILES string of the molecule is CCc1ccccc1.Nc1nnnc(N)c1N.O=S(=O)(O)c1cccc(C=Cc2ccccc2)c1S(=O)(=O)O. The summed E-state index contributed by atoms with van der Waals surface area (Å²) in [6.07, 6.45) is 4.03. The molecule has 0 aliphatic carbocycles. The number of hydrogen-bond acceptors (Lipinski definition) is 10. The Labute approximate surface area is 226 Å². The van der Waals surface area contributed by atoms with Gasteiger partial charge < -0.3 is 17.2 Å². The number of aryl methyl sites for hydroxylation is 1. The van der Waals surface area contributed by atoms with Gasteiger partial charge in [-0.15, -0.1) is 10.2 Å². The predicted octanol–water partition coefficient (Wildman–Crippen LogP) is 3.22. The second-order valence-corrected chi connectivity index (χ2v) is 10.4. The maximum absolute atomic E-state index is 11.5. The van der Waals surface area contributed by atoms with Crippen LogP contribution in [-0.4, -0.2) is 41.4 Å². The largest absolute Gasteiger partial charge is 0.393 e. The summed E-state index contributed by atoms with van der Waals surface area (Å²) in [6.45, 7) is 2.16. The van der Waals surface area contributed by atoms with E-state index in [1.165, 1.54) is 23.8 Å². The molecule has 0 saturated carbocycles. The molecule has 14 heteroatoms. The van der Waals surface area contributed by atoms with E-state index in [0.29, 0.717) is 0 Å². The van der Waals surface area contributed by atoms with Crippen molar-refractivity contribution < 1.29 is 25.9 Å². The first-order valence-electron chi connectivity index (χ1n) is 11.2. The fraction of sp³-hybridized carbons (Fsp3) is 0.0800. The Balaban J connectivity index is 0.000000255.